The van der Waals surface area contributed by atoms with Gasteiger partial charge in [0.15, 0.2) is 11.5 Å². The summed E-state index contributed by atoms with van der Waals surface area (Å²) >= 11 is 0. The summed E-state index contributed by atoms with van der Waals surface area (Å²) in [7, 11) is 3.29. The van der Waals surface area contributed by atoms with Crippen LogP contribution in [-0.4, -0.2) is 37.6 Å². The molecule has 2 aromatic carbocycles. The lowest BCUT2D eigenvalue weighted by Gasteiger charge is -2.36. The summed E-state index contributed by atoms with van der Waals surface area (Å²) in [6.45, 7) is 0.849. The van der Waals surface area contributed by atoms with Crippen molar-refractivity contribution >= 4 is 5.91 Å². The number of aryl methyl sites for hydroxylation is 1. The first-order chi connectivity index (χ1) is 14.6. The summed E-state index contributed by atoms with van der Waals surface area (Å²) in [5.41, 5.74) is 2.27. The molecule has 30 heavy (non-hydrogen) atoms. The molecule has 0 radical (unpaired) electrons. The second-order valence-corrected chi connectivity index (χ2v) is 8.41. The monoisotopic (exact) mass is 411 g/mol. The van der Waals surface area contributed by atoms with E-state index in [1.807, 2.05) is 24.3 Å². The molecule has 0 N–H and O–H groups in total. The minimum absolute atomic E-state index is 0.0529. The van der Waals surface area contributed by atoms with Crippen LogP contribution in [0.3, 0.4) is 0 Å². The number of amides is 1. The van der Waals surface area contributed by atoms with E-state index < -0.39 is 0 Å². The van der Waals surface area contributed by atoms with Crippen molar-refractivity contribution in [2.75, 3.05) is 20.8 Å². The topological polar surface area (TPSA) is 38.8 Å². The largest absolute Gasteiger partial charge is 0.493 e. The van der Waals surface area contributed by atoms with Gasteiger partial charge in [-0.15, -0.1) is 0 Å². The van der Waals surface area contributed by atoms with Crippen LogP contribution in [0, 0.1) is 11.7 Å². The molecule has 160 valence electrons. The number of rotatable bonds is 7. The van der Waals surface area contributed by atoms with Gasteiger partial charge in [0.05, 0.1) is 14.2 Å². The van der Waals surface area contributed by atoms with Crippen molar-refractivity contribution in [1.29, 1.82) is 0 Å². The van der Waals surface area contributed by atoms with E-state index in [-0.39, 0.29) is 29.6 Å². The summed E-state index contributed by atoms with van der Waals surface area (Å²) in [5.74, 6) is 1.82. The summed E-state index contributed by atoms with van der Waals surface area (Å²) in [4.78, 5) is 15.4. The number of carbonyl (C=O) groups is 1. The lowest BCUT2D eigenvalue weighted by atomic mass is 9.95. The molecule has 2 aromatic rings. The molecule has 2 fully saturated rings. The Morgan fingerprint density at radius 1 is 1.07 bits per heavy atom. The van der Waals surface area contributed by atoms with Crippen LogP contribution in [0.5, 0.6) is 11.5 Å². The van der Waals surface area contributed by atoms with Crippen molar-refractivity contribution in [3.8, 4) is 11.5 Å². The van der Waals surface area contributed by atoms with Gasteiger partial charge < -0.3 is 14.4 Å². The van der Waals surface area contributed by atoms with Gasteiger partial charge in [-0.3, -0.25) is 4.79 Å². The molecular weight excluding hydrogens is 381 g/mol. The second-order valence-electron chi connectivity index (χ2n) is 8.41. The van der Waals surface area contributed by atoms with Crippen LogP contribution in [0.2, 0.25) is 0 Å². The molecule has 4 nitrogen and oxygen atoms in total. The van der Waals surface area contributed by atoms with Crippen molar-refractivity contribution in [2.45, 2.75) is 50.5 Å². The molecule has 0 spiro atoms. The van der Waals surface area contributed by atoms with Crippen LogP contribution in [0.15, 0.2) is 42.5 Å². The van der Waals surface area contributed by atoms with Gasteiger partial charge in [0, 0.05) is 18.5 Å². The maximum Gasteiger partial charge on any atom is 0.226 e. The van der Waals surface area contributed by atoms with Crippen LogP contribution in [0.1, 0.15) is 49.1 Å². The van der Waals surface area contributed by atoms with Gasteiger partial charge in [0.25, 0.3) is 0 Å². The Hall–Kier alpha value is -2.56. The summed E-state index contributed by atoms with van der Waals surface area (Å²) in [5, 5.41) is 0. The van der Waals surface area contributed by atoms with Crippen molar-refractivity contribution in [3.05, 3.63) is 59.4 Å². The smallest absolute Gasteiger partial charge is 0.226 e. The van der Waals surface area contributed by atoms with Gasteiger partial charge in [0.1, 0.15) is 5.82 Å². The number of benzene rings is 2. The molecule has 0 aromatic heterocycles. The third-order valence-electron chi connectivity index (χ3n) is 6.53. The molecule has 1 saturated carbocycles. The fourth-order valence-corrected chi connectivity index (χ4v) is 4.72. The molecule has 1 heterocycles. The third kappa shape index (κ3) is 4.45. The predicted molar refractivity (Wildman–Crippen MR) is 114 cm³/mol. The first kappa shape index (κ1) is 20.7. The van der Waals surface area contributed by atoms with Crippen LogP contribution in [0.25, 0.3) is 0 Å². The Morgan fingerprint density at radius 2 is 1.83 bits per heavy atom. The maximum absolute atomic E-state index is 13.2. The third-order valence-corrected chi connectivity index (χ3v) is 6.53. The molecule has 0 bridgehead atoms. The molecule has 1 aliphatic carbocycles. The minimum Gasteiger partial charge on any atom is -0.493 e. The highest BCUT2D eigenvalue weighted by atomic mass is 19.1. The Morgan fingerprint density at radius 3 is 2.57 bits per heavy atom. The number of carbonyl (C=O) groups excluding carboxylic acids is 1. The Kier molecular flexibility index (Phi) is 6.26. The first-order valence-corrected chi connectivity index (χ1v) is 10.9. The number of methoxy groups -OCH3 is 2. The number of piperidine rings is 1. The predicted octanol–water partition coefficient (Wildman–Crippen LogP) is 4.96. The number of nitrogens with zero attached hydrogens (tertiary/aromatic N) is 1. The molecule has 1 saturated heterocycles. The molecular formula is C25H30FNO3. The van der Waals surface area contributed by atoms with Crippen LogP contribution in [0.4, 0.5) is 4.39 Å². The number of halogens is 1. The van der Waals surface area contributed by atoms with Crippen LogP contribution < -0.4 is 9.47 Å². The van der Waals surface area contributed by atoms with Gasteiger partial charge in [0.2, 0.25) is 5.91 Å². The fourth-order valence-electron chi connectivity index (χ4n) is 4.72. The maximum atomic E-state index is 13.2. The highest BCUT2D eigenvalue weighted by Crippen LogP contribution is 2.49. The summed E-state index contributed by atoms with van der Waals surface area (Å²) in [6, 6.07) is 12.9. The SMILES string of the molecule is COc1ccc(CCC2CCCCN2C(=O)C2CC2c2ccc(F)cc2)cc1OC. The lowest BCUT2D eigenvalue weighted by molar-refractivity contribution is -0.136. The zero-order valence-corrected chi connectivity index (χ0v) is 17.8. The van der Waals surface area contributed by atoms with Crippen molar-refractivity contribution in [1.82, 2.24) is 4.90 Å². The Labute approximate surface area is 178 Å². The normalized spacial score (nSPS) is 23.2. The quantitative estimate of drug-likeness (QED) is 0.646. The lowest BCUT2D eigenvalue weighted by Crippen LogP contribution is -2.44. The molecule has 5 heteroatoms. The molecule has 1 aliphatic heterocycles. The van der Waals surface area contributed by atoms with E-state index in [0.29, 0.717) is 0 Å². The zero-order valence-electron chi connectivity index (χ0n) is 17.8. The average molecular weight is 412 g/mol. The number of likely N-dealkylation sites (tertiary alicyclic amines) is 1. The van der Waals surface area contributed by atoms with E-state index in [4.69, 9.17) is 9.47 Å². The van der Waals surface area contributed by atoms with E-state index in [0.717, 1.165) is 55.7 Å². The minimum atomic E-state index is -0.228. The standard InChI is InChI=1S/C25H30FNO3/c1-29-23-13-7-17(15-24(23)30-2)6-12-20-5-3-4-14-27(20)25(28)22-16-21(22)18-8-10-19(26)11-9-18/h7-11,13,15,20-22H,3-6,12,14,16H2,1-2H3. The molecule has 3 atom stereocenters. The molecule has 1 amide bonds. The van der Waals surface area contributed by atoms with Crippen molar-refractivity contribution < 1.29 is 18.7 Å². The molecule has 3 unspecified atom stereocenters. The van der Waals surface area contributed by atoms with E-state index in [9.17, 15) is 9.18 Å². The van der Waals surface area contributed by atoms with Crippen molar-refractivity contribution in [2.24, 2.45) is 5.92 Å². The number of hydrogen-bond acceptors (Lipinski definition) is 3. The van der Waals surface area contributed by atoms with E-state index in [1.54, 1.807) is 14.2 Å². The van der Waals surface area contributed by atoms with Gasteiger partial charge in [-0.25, -0.2) is 4.39 Å². The molecule has 2 aliphatic rings. The van der Waals surface area contributed by atoms with Gasteiger partial charge >= 0.3 is 0 Å². The number of ether oxygens (including phenoxy) is 2. The Bertz CT molecular complexity index is 882. The van der Waals surface area contributed by atoms with E-state index in [1.165, 1.54) is 24.1 Å². The van der Waals surface area contributed by atoms with Crippen LogP contribution in [-0.2, 0) is 11.2 Å². The first-order valence-electron chi connectivity index (χ1n) is 10.9. The fraction of sp³-hybridized carbons (Fsp3) is 0.480. The van der Waals surface area contributed by atoms with E-state index >= 15 is 0 Å². The van der Waals surface area contributed by atoms with Crippen molar-refractivity contribution in [3.63, 3.8) is 0 Å². The Balaban J connectivity index is 1.38. The molecule has 4 rings (SSSR count). The zero-order chi connectivity index (χ0) is 21.1. The van der Waals surface area contributed by atoms with E-state index in [2.05, 4.69) is 11.0 Å². The summed E-state index contributed by atoms with van der Waals surface area (Å²) in [6.07, 6.45) is 6.05. The highest BCUT2D eigenvalue weighted by Gasteiger charge is 2.47. The van der Waals surface area contributed by atoms with Crippen LogP contribution >= 0.6 is 0 Å². The second kappa shape index (κ2) is 9.07. The van der Waals surface area contributed by atoms with Gasteiger partial charge in [-0.05, 0) is 79.8 Å². The summed E-state index contributed by atoms with van der Waals surface area (Å²) < 4.78 is 23.9. The highest BCUT2D eigenvalue weighted by molar-refractivity contribution is 5.83. The van der Waals surface area contributed by atoms with Gasteiger partial charge in [-0.2, -0.15) is 0 Å². The average Bonchev–Trinajstić information content (AvgIpc) is 3.58. The number of hydrogen-bond donors (Lipinski definition) is 0. The van der Waals surface area contributed by atoms with Gasteiger partial charge in [-0.1, -0.05) is 18.2 Å².